The minimum absolute atomic E-state index is 0.0956. The molecule has 0 amide bonds. The summed E-state index contributed by atoms with van der Waals surface area (Å²) in [5.41, 5.74) is 1.92. The van der Waals surface area contributed by atoms with Crippen LogP contribution in [0.4, 0.5) is 21.9 Å². The molecule has 12 heteroatoms. The molecule has 1 aromatic carbocycles. The molecule has 0 radical (unpaired) electrons. The van der Waals surface area contributed by atoms with Gasteiger partial charge in [-0.15, -0.1) is 21.5 Å². The van der Waals surface area contributed by atoms with Crippen molar-refractivity contribution < 1.29 is 19.4 Å². The lowest BCUT2D eigenvalue weighted by Crippen LogP contribution is -2.21. The van der Waals surface area contributed by atoms with Crippen LogP contribution >= 0.6 is 22.7 Å². The van der Waals surface area contributed by atoms with Crippen molar-refractivity contribution in [2.75, 3.05) is 37.1 Å². The number of fused-ring (bicyclic) bond motifs is 1. The average Bonchev–Trinajstić information content (AvgIpc) is 3.59. The number of anilines is 4. The zero-order valence-corrected chi connectivity index (χ0v) is 25.1. The van der Waals surface area contributed by atoms with Gasteiger partial charge in [0.25, 0.3) is 0 Å². The maximum absolute atomic E-state index is 12.1. The SMILES string of the molecule is COCCCN(c1cc(C)c(Nc2nc3ccccc3s2)nn1)c1nc(C(=O)O)c(CCCOC2CCCCC2)s1. The van der Waals surface area contributed by atoms with Crippen LogP contribution in [0, 0.1) is 6.92 Å². The first kappa shape index (κ1) is 29.3. The summed E-state index contributed by atoms with van der Waals surface area (Å²) in [5, 5.41) is 23.5. The molecular weight excluding hydrogens is 560 g/mol. The predicted molar refractivity (Wildman–Crippen MR) is 163 cm³/mol. The molecule has 0 bridgehead atoms. The molecule has 3 aromatic heterocycles. The topological polar surface area (TPSA) is 123 Å². The number of aromatic nitrogens is 4. The molecule has 0 aliphatic heterocycles. The van der Waals surface area contributed by atoms with Gasteiger partial charge < -0.3 is 24.8 Å². The average molecular weight is 597 g/mol. The van der Waals surface area contributed by atoms with E-state index in [1.165, 1.54) is 30.6 Å². The fourth-order valence-electron chi connectivity index (χ4n) is 4.93. The number of hydrogen-bond donors (Lipinski definition) is 2. The van der Waals surface area contributed by atoms with Gasteiger partial charge in [-0.05, 0) is 62.8 Å². The van der Waals surface area contributed by atoms with Gasteiger partial charge in [-0.3, -0.25) is 0 Å². The van der Waals surface area contributed by atoms with Gasteiger partial charge in [-0.1, -0.05) is 42.7 Å². The molecule has 2 N–H and O–H groups in total. The Hall–Kier alpha value is -3.19. The van der Waals surface area contributed by atoms with Gasteiger partial charge in [0.15, 0.2) is 27.6 Å². The predicted octanol–water partition coefficient (Wildman–Crippen LogP) is 6.75. The van der Waals surface area contributed by atoms with E-state index < -0.39 is 5.97 Å². The second-order valence-corrected chi connectivity index (χ2v) is 12.2. The summed E-state index contributed by atoms with van der Waals surface area (Å²) >= 11 is 2.95. The number of nitrogens with one attached hydrogen (secondary N) is 1. The Kier molecular flexibility index (Phi) is 10.1. The lowest BCUT2D eigenvalue weighted by Gasteiger charge is -2.21. The number of ether oxygens (including phenoxy) is 2. The highest BCUT2D eigenvalue weighted by atomic mass is 32.1. The number of aryl methyl sites for hydroxylation is 2. The number of aromatic carboxylic acids is 1. The second-order valence-electron chi connectivity index (χ2n) is 10.2. The third-order valence-corrected chi connectivity index (χ3v) is 9.16. The largest absolute Gasteiger partial charge is 0.476 e. The summed E-state index contributed by atoms with van der Waals surface area (Å²) in [5.74, 6) is 0.199. The highest BCUT2D eigenvalue weighted by molar-refractivity contribution is 7.22. The van der Waals surface area contributed by atoms with Gasteiger partial charge in [0, 0.05) is 31.7 Å². The highest BCUT2D eigenvalue weighted by Gasteiger charge is 2.23. The van der Waals surface area contributed by atoms with Crippen LogP contribution in [-0.2, 0) is 15.9 Å². The summed E-state index contributed by atoms with van der Waals surface area (Å²) in [4.78, 5) is 24.0. The number of para-hydroxylation sites is 1. The van der Waals surface area contributed by atoms with Crippen LogP contribution < -0.4 is 10.2 Å². The molecule has 218 valence electrons. The first-order valence-electron chi connectivity index (χ1n) is 14.1. The number of thiazole rings is 2. The molecule has 1 aliphatic rings. The summed E-state index contributed by atoms with van der Waals surface area (Å²) in [6.45, 7) is 3.71. The van der Waals surface area contributed by atoms with E-state index in [2.05, 4.69) is 25.5 Å². The molecule has 0 saturated heterocycles. The van der Waals surface area contributed by atoms with Gasteiger partial charge in [-0.25, -0.2) is 14.8 Å². The molecule has 5 rings (SSSR count). The molecule has 41 heavy (non-hydrogen) atoms. The summed E-state index contributed by atoms with van der Waals surface area (Å²) in [6, 6.07) is 9.92. The van der Waals surface area contributed by atoms with Crippen molar-refractivity contribution in [3.63, 3.8) is 0 Å². The Balaban J connectivity index is 1.32. The Morgan fingerprint density at radius 2 is 1.93 bits per heavy atom. The quantitative estimate of drug-likeness (QED) is 0.151. The number of benzene rings is 1. The van der Waals surface area contributed by atoms with Crippen molar-refractivity contribution >= 4 is 60.8 Å². The van der Waals surface area contributed by atoms with E-state index in [1.807, 2.05) is 42.2 Å². The maximum Gasteiger partial charge on any atom is 0.355 e. The van der Waals surface area contributed by atoms with Crippen molar-refractivity contribution in [3.05, 3.63) is 46.5 Å². The molecule has 0 atom stereocenters. The van der Waals surface area contributed by atoms with Gasteiger partial charge in [0.2, 0.25) is 0 Å². The Morgan fingerprint density at radius 1 is 1.10 bits per heavy atom. The summed E-state index contributed by atoms with van der Waals surface area (Å²) in [7, 11) is 1.66. The van der Waals surface area contributed by atoms with Crippen LogP contribution in [0.1, 0.15) is 65.9 Å². The smallest absolute Gasteiger partial charge is 0.355 e. The van der Waals surface area contributed by atoms with E-state index in [0.29, 0.717) is 49.1 Å². The van der Waals surface area contributed by atoms with Crippen molar-refractivity contribution in [2.45, 2.75) is 64.4 Å². The minimum atomic E-state index is -1.02. The summed E-state index contributed by atoms with van der Waals surface area (Å²) in [6.07, 6.45) is 8.41. The zero-order valence-electron chi connectivity index (χ0n) is 23.5. The number of hydrogen-bond acceptors (Lipinski definition) is 11. The van der Waals surface area contributed by atoms with Gasteiger partial charge in [-0.2, -0.15) is 0 Å². The number of rotatable bonds is 14. The molecule has 1 fully saturated rings. The van der Waals surface area contributed by atoms with Crippen molar-refractivity contribution in [2.24, 2.45) is 0 Å². The van der Waals surface area contributed by atoms with E-state index in [4.69, 9.17) is 9.47 Å². The molecule has 4 aromatic rings. The van der Waals surface area contributed by atoms with Gasteiger partial charge in [0.05, 0.1) is 16.3 Å². The van der Waals surface area contributed by atoms with Crippen molar-refractivity contribution in [3.8, 4) is 0 Å². The molecular formula is C29H36N6O4S2. The van der Waals surface area contributed by atoms with Crippen LogP contribution in [0.3, 0.4) is 0 Å². The minimum Gasteiger partial charge on any atom is -0.476 e. The van der Waals surface area contributed by atoms with E-state index in [1.54, 1.807) is 18.4 Å². The fraction of sp³-hybridized carbons (Fsp3) is 0.483. The lowest BCUT2D eigenvalue weighted by atomic mass is 9.98. The first-order valence-corrected chi connectivity index (χ1v) is 15.7. The number of carboxylic acids is 1. The molecule has 0 spiro atoms. The molecule has 1 saturated carbocycles. The van der Waals surface area contributed by atoms with E-state index in [-0.39, 0.29) is 5.69 Å². The Bertz CT molecular complexity index is 1420. The highest BCUT2D eigenvalue weighted by Crippen LogP contribution is 2.34. The van der Waals surface area contributed by atoms with Crippen LogP contribution in [0.25, 0.3) is 10.2 Å². The van der Waals surface area contributed by atoms with Crippen LogP contribution in [0.15, 0.2) is 30.3 Å². The van der Waals surface area contributed by atoms with E-state index >= 15 is 0 Å². The van der Waals surface area contributed by atoms with E-state index in [9.17, 15) is 9.90 Å². The number of methoxy groups -OCH3 is 1. The number of carbonyl (C=O) groups is 1. The van der Waals surface area contributed by atoms with Crippen LogP contribution in [0.5, 0.6) is 0 Å². The fourth-order valence-corrected chi connectivity index (χ4v) is 6.93. The molecule has 0 unspecified atom stereocenters. The zero-order chi connectivity index (χ0) is 28.6. The first-order chi connectivity index (χ1) is 20.0. The summed E-state index contributed by atoms with van der Waals surface area (Å²) < 4.78 is 12.4. The number of nitrogens with zero attached hydrogens (tertiary/aromatic N) is 5. The third kappa shape index (κ3) is 7.56. The second kappa shape index (κ2) is 14.1. The van der Waals surface area contributed by atoms with Crippen molar-refractivity contribution in [1.29, 1.82) is 0 Å². The van der Waals surface area contributed by atoms with Gasteiger partial charge >= 0.3 is 5.97 Å². The van der Waals surface area contributed by atoms with Gasteiger partial charge in [0.1, 0.15) is 0 Å². The Labute approximate surface area is 247 Å². The normalized spacial score (nSPS) is 14.0. The van der Waals surface area contributed by atoms with E-state index in [0.717, 1.165) is 51.5 Å². The van der Waals surface area contributed by atoms with Crippen molar-refractivity contribution in [1.82, 2.24) is 20.2 Å². The lowest BCUT2D eigenvalue weighted by molar-refractivity contribution is 0.0273. The standard InChI is InChI=1S/C29H36N6O4S2/c1-19-18-24(33-34-26(19)32-28-30-21-12-6-7-13-22(21)40-28)35(15-9-16-38-2)29-31-25(27(36)37)23(41-29)14-8-17-39-20-10-4-3-5-11-20/h6-7,12-13,18,20H,3-5,8-11,14-17H2,1-2H3,(H,36,37)(H,30,32,34). The maximum atomic E-state index is 12.1. The van der Waals surface area contributed by atoms with Crippen LogP contribution in [0.2, 0.25) is 0 Å². The molecule has 3 heterocycles. The molecule has 1 aliphatic carbocycles. The molecule has 10 nitrogen and oxygen atoms in total. The number of carboxylic acid groups (broad SMARTS) is 1. The Morgan fingerprint density at radius 3 is 2.68 bits per heavy atom. The monoisotopic (exact) mass is 596 g/mol. The van der Waals surface area contributed by atoms with Crippen LogP contribution in [-0.4, -0.2) is 64.2 Å². The third-order valence-electron chi connectivity index (χ3n) is 7.07.